The van der Waals surface area contributed by atoms with E-state index in [-0.39, 0.29) is 37.1 Å². The number of aliphatic hydroxyl groups is 5. The van der Waals surface area contributed by atoms with Gasteiger partial charge < -0.3 is 68.5 Å². The first-order valence-corrected chi connectivity index (χ1v) is 25.1. The predicted molar refractivity (Wildman–Crippen MR) is 259 cm³/mol. The third-order valence-electron chi connectivity index (χ3n) is 15.2. The molecular formula is C51H85N5O14. The lowest BCUT2D eigenvalue weighted by Gasteiger charge is -2.49. The van der Waals surface area contributed by atoms with E-state index in [2.05, 4.69) is 10.3 Å². The number of hydrogen-bond acceptors (Lipinski definition) is 18. The number of ether oxygens (including phenoxy) is 7. The molecule has 3 aliphatic heterocycles. The summed E-state index contributed by atoms with van der Waals surface area (Å²) >= 11 is 0. The van der Waals surface area contributed by atoms with Gasteiger partial charge in [0.15, 0.2) is 18.4 Å². The second kappa shape index (κ2) is 24.2. The van der Waals surface area contributed by atoms with Crippen molar-refractivity contribution in [1.82, 2.24) is 24.8 Å². The molecule has 0 amide bonds. The van der Waals surface area contributed by atoms with E-state index in [1.807, 2.05) is 50.9 Å². The number of methoxy groups -OCH3 is 1. The number of cyclic esters (lactones) is 1. The average Bonchev–Trinajstić information content (AvgIpc) is 3.76. The lowest BCUT2D eigenvalue weighted by Crippen LogP contribution is -2.61. The van der Waals surface area contributed by atoms with Crippen molar-refractivity contribution < 1.29 is 68.3 Å². The van der Waals surface area contributed by atoms with Gasteiger partial charge in [-0.3, -0.25) is 9.59 Å². The van der Waals surface area contributed by atoms with Crippen LogP contribution in [0, 0.1) is 17.8 Å². The number of hydrogen-bond donors (Lipinski definition) is 5. The Morgan fingerprint density at radius 3 is 2.36 bits per heavy atom. The quantitative estimate of drug-likeness (QED) is 0.127. The standard InChI is InChI=1S/C51H85N5O14/c1-15-40-51(11,63)44(59)33(6)55(13)27-29(2)25-49(9,62)46(31(4)43(32(5)47(61)68-40)69-41-26-50(10,64-14)45(60)35(8)67-41)70-48-42(58)39(23-30(3)66-48)54(12)20-19-37-28-56(53-52-37)21-22-65-38-18-16-17-36(24-38)34(7)57/h16-18,24,28-33,35,39-46,48,58-60,62-63H,15,19-23,25-27H2,1-14H3/t29-,30-,31+,32-,33-,35+,39+,40-,41+,42-,43+,44-,45+,46-,48+,49-,50-,51-/m1/s1. The van der Waals surface area contributed by atoms with E-state index in [9.17, 15) is 35.1 Å². The molecule has 0 radical (unpaired) electrons. The predicted octanol–water partition coefficient (Wildman–Crippen LogP) is 3.39. The van der Waals surface area contributed by atoms with Crippen molar-refractivity contribution >= 4 is 11.8 Å². The van der Waals surface area contributed by atoms with Crippen LogP contribution in [0.25, 0.3) is 0 Å². The molecule has 3 fully saturated rings. The number of benzene rings is 1. The number of rotatable bonds is 15. The van der Waals surface area contributed by atoms with Gasteiger partial charge in [-0.2, -0.15) is 0 Å². The van der Waals surface area contributed by atoms with Crippen LogP contribution < -0.4 is 4.74 Å². The molecule has 0 saturated carbocycles. The highest BCUT2D eigenvalue weighted by molar-refractivity contribution is 5.94. The summed E-state index contributed by atoms with van der Waals surface area (Å²) in [4.78, 5) is 30.2. The molecule has 398 valence electrons. The molecular weight excluding hydrogens is 907 g/mol. The van der Waals surface area contributed by atoms with Crippen LogP contribution in [0.2, 0.25) is 0 Å². The number of likely N-dealkylation sites (N-methyl/N-ethyl adjacent to an activating group) is 2. The van der Waals surface area contributed by atoms with Gasteiger partial charge in [0.05, 0.1) is 53.8 Å². The highest BCUT2D eigenvalue weighted by atomic mass is 16.7. The highest BCUT2D eigenvalue weighted by Crippen LogP contribution is 2.40. The molecule has 0 spiro atoms. The Balaban J connectivity index is 1.40. The van der Waals surface area contributed by atoms with Crippen LogP contribution in [0.5, 0.6) is 5.75 Å². The molecule has 5 N–H and O–H groups in total. The van der Waals surface area contributed by atoms with E-state index in [1.165, 1.54) is 21.0 Å². The molecule has 1 aromatic carbocycles. The van der Waals surface area contributed by atoms with Crippen molar-refractivity contribution in [2.45, 2.75) is 205 Å². The zero-order chi connectivity index (χ0) is 52.0. The minimum Gasteiger partial charge on any atom is -0.492 e. The van der Waals surface area contributed by atoms with E-state index < -0.39 is 102 Å². The van der Waals surface area contributed by atoms with E-state index in [1.54, 1.807) is 70.5 Å². The molecule has 70 heavy (non-hydrogen) atoms. The molecule has 1 aromatic heterocycles. The van der Waals surface area contributed by atoms with E-state index in [4.69, 9.17) is 33.2 Å². The van der Waals surface area contributed by atoms with Crippen LogP contribution in [0.15, 0.2) is 30.5 Å². The van der Waals surface area contributed by atoms with Gasteiger partial charge in [-0.25, -0.2) is 4.68 Å². The minimum atomic E-state index is -1.84. The molecule has 5 rings (SSSR count). The fourth-order valence-corrected chi connectivity index (χ4v) is 10.7. The first-order chi connectivity index (χ1) is 32.7. The summed E-state index contributed by atoms with van der Waals surface area (Å²) in [6.45, 7) is 20.7. The lowest BCUT2D eigenvalue weighted by molar-refractivity contribution is -0.318. The average molecular weight is 992 g/mol. The number of carbonyl (C=O) groups is 2. The van der Waals surface area contributed by atoms with Crippen molar-refractivity contribution in [3.63, 3.8) is 0 Å². The van der Waals surface area contributed by atoms with Gasteiger partial charge in [0, 0.05) is 62.8 Å². The van der Waals surface area contributed by atoms with E-state index >= 15 is 0 Å². The number of esters is 1. The summed E-state index contributed by atoms with van der Waals surface area (Å²) in [5.41, 5.74) is -3.21. The third kappa shape index (κ3) is 13.9. The molecule has 0 aliphatic carbocycles. The monoisotopic (exact) mass is 992 g/mol. The first-order valence-electron chi connectivity index (χ1n) is 25.1. The Kier molecular flexibility index (Phi) is 20.0. The van der Waals surface area contributed by atoms with Crippen LogP contribution in [0.1, 0.15) is 118 Å². The highest BCUT2D eigenvalue weighted by Gasteiger charge is 2.53. The number of nitrogens with zero attached hydrogens (tertiary/aromatic N) is 5. The molecule has 3 aliphatic rings. The van der Waals surface area contributed by atoms with Crippen LogP contribution in [-0.4, -0.2) is 193 Å². The maximum absolute atomic E-state index is 14.5. The molecule has 0 bridgehead atoms. The van der Waals surface area contributed by atoms with Crippen molar-refractivity contribution in [3.8, 4) is 5.75 Å². The van der Waals surface area contributed by atoms with Gasteiger partial charge in [0.2, 0.25) is 0 Å². The third-order valence-corrected chi connectivity index (χ3v) is 15.2. The molecule has 19 heteroatoms. The summed E-state index contributed by atoms with van der Waals surface area (Å²) < 4.78 is 45.8. The van der Waals surface area contributed by atoms with Crippen LogP contribution in [-0.2, 0) is 46.2 Å². The van der Waals surface area contributed by atoms with Crippen molar-refractivity contribution in [3.05, 3.63) is 41.7 Å². The molecule has 2 aromatic rings. The van der Waals surface area contributed by atoms with E-state index in [0.29, 0.717) is 50.4 Å². The number of aromatic nitrogens is 3. The fraction of sp³-hybridized carbons (Fsp3) is 0.804. The Bertz CT molecular complexity index is 1990. The van der Waals surface area contributed by atoms with Crippen LogP contribution in [0.3, 0.4) is 0 Å². The molecule has 19 nitrogen and oxygen atoms in total. The van der Waals surface area contributed by atoms with Gasteiger partial charge >= 0.3 is 5.97 Å². The molecule has 0 unspecified atom stereocenters. The normalized spacial score (nSPS) is 39.8. The second-order valence-corrected chi connectivity index (χ2v) is 21.3. The van der Waals surface area contributed by atoms with E-state index in [0.717, 1.165) is 5.69 Å². The van der Waals surface area contributed by atoms with Crippen molar-refractivity contribution in [1.29, 1.82) is 0 Å². The topological polar surface area (TPSA) is 237 Å². The summed E-state index contributed by atoms with van der Waals surface area (Å²) in [6.07, 6.45) is -6.73. The minimum absolute atomic E-state index is 0.0379. The maximum Gasteiger partial charge on any atom is 0.311 e. The number of aliphatic hydroxyl groups excluding tert-OH is 3. The summed E-state index contributed by atoms with van der Waals surface area (Å²) in [7, 11) is 5.26. The molecule has 4 heterocycles. The summed E-state index contributed by atoms with van der Waals surface area (Å²) in [6, 6.07) is 6.03. The second-order valence-electron chi connectivity index (χ2n) is 21.3. The Morgan fingerprint density at radius 1 is 1.00 bits per heavy atom. The van der Waals surface area contributed by atoms with Crippen LogP contribution in [0.4, 0.5) is 0 Å². The lowest BCUT2D eigenvalue weighted by atomic mass is 9.77. The zero-order valence-corrected chi connectivity index (χ0v) is 44.1. The SMILES string of the molecule is CC[C@H]1OC(=O)[C@H](C)[C@@H](O[C@H]2C[C@@](C)(OC)[C@@H](O)[C@H](C)O2)[C@H](C)[C@@H](O[C@@H]2O[C@H](C)C[C@H](N(C)CCc3cn(CCOc4cccc(C(C)=O)c4)nn3)[C@H]2O)[C@](C)(O)C[C@@H](C)CN(C)[C@H](C)[C@@H](O)[C@]1(C)O. The van der Waals surface area contributed by atoms with Gasteiger partial charge in [-0.1, -0.05) is 38.1 Å². The maximum atomic E-state index is 14.5. The molecule has 18 atom stereocenters. The number of carbonyl (C=O) groups excluding carboxylic acids is 2. The summed E-state index contributed by atoms with van der Waals surface area (Å²) in [5, 5.41) is 68.2. The van der Waals surface area contributed by atoms with Gasteiger partial charge in [0.25, 0.3) is 0 Å². The fourth-order valence-electron chi connectivity index (χ4n) is 10.7. The van der Waals surface area contributed by atoms with Crippen molar-refractivity contribution in [2.75, 3.05) is 40.9 Å². The largest absolute Gasteiger partial charge is 0.492 e. The summed E-state index contributed by atoms with van der Waals surface area (Å²) in [5.74, 6) is -2.24. The zero-order valence-electron chi connectivity index (χ0n) is 44.1. The smallest absolute Gasteiger partial charge is 0.311 e. The van der Waals surface area contributed by atoms with Gasteiger partial charge in [0.1, 0.15) is 42.4 Å². The van der Waals surface area contributed by atoms with Gasteiger partial charge in [-0.15, -0.1) is 5.10 Å². The molecule has 3 saturated heterocycles. The number of Topliss-reactive ketones (excluding diaryl/α,β-unsaturated/α-hetero) is 1. The Hall–Kier alpha value is -3.18. The number of ketones is 1. The Labute approximate surface area is 415 Å². The van der Waals surface area contributed by atoms with Crippen LogP contribution >= 0.6 is 0 Å². The van der Waals surface area contributed by atoms with Gasteiger partial charge in [-0.05, 0) is 107 Å². The Morgan fingerprint density at radius 2 is 1.70 bits per heavy atom. The van der Waals surface area contributed by atoms with Crippen molar-refractivity contribution in [2.24, 2.45) is 17.8 Å². The first kappa shape index (κ1) is 57.7.